The van der Waals surface area contributed by atoms with Gasteiger partial charge in [-0.3, -0.25) is 4.79 Å². The Morgan fingerprint density at radius 1 is 1.50 bits per heavy atom. The lowest BCUT2D eigenvalue weighted by molar-refractivity contribution is -0.132. The van der Waals surface area contributed by atoms with Crippen molar-refractivity contribution < 1.29 is 9.53 Å². The quantitative estimate of drug-likeness (QED) is 0.596. The number of carbonyl (C=O) groups excluding carboxylic acids is 1. The van der Waals surface area contributed by atoms with Crippen molar-refractivity contribution in [2.45, 2.75) is 38.2 Å². The Balaban J connectivity index is 2.15. The Kier molecular flexibility index (Phi) is 1.71. The maximum absolute atomic E-state index is 11.5. The molecule has 1 atom stereocenters. The van der Waals surface area contributed by atoms with E-state index < -0.39 is 5.60 Å². The van der Waals surface area contributed by atoms with Crippen LogP contribution in [0, 0.1) is 5.92 Å². The molecule has 2 heteroatoms. The van der Waals surface area contributed by atoms with Gasteiger partial charge in [0.2, 0.25) is 5.78 Å². The van der Waals surface area contributed by atoms with Crippen molar-refractivity contribution in [3.05, 3.63) is 12.3 Å². The van der Waals surface area contributed by atoms with Crippen molar-refractivity contribution in [3.8, 4) is 0 Å². The molecule has 2 aliphatic rings. The van der Waals surface area contributed by atoms with Gasteiger partial charge in [-0.05, 0) is 19.8 Å². The molecule has 1 aliphatic carbocycles. The molecular weight excluding hydrogens is 152 g/mol. The van der Waals surface area contributed by atoms with E-state index in [0.717, 1.165) is 12.8 Å². The van der Waals surface area contributed by atoms with Gasteiger partial charge in [-0.1, -0.05) is 12.8 Å². The second-order valence-corrected chi connectivity index (χ2v) is 3.87. The topological polar surface area (TPSA) is 26.3 Å². The van der Waals surface area contributed by atoms with Gasteiger partial charge in [0.1, 0.15) is 0 Å². The molecule has 2 nitrogen and oxygen atoms in total. The SMILES string of the molecule is CC1(C2CCCC2)OC=CC1=O. The molecule has 0 aromatic rings. The summed E-state index contributed by atoms with van der Waals surface area (Å²) in [4.78, 5) is 11.5. The van der Waals surface area contributed by atoms with E-state index in [1.54, 1.807) is 12.3 Å². The molecule has 0 saturated heterocycles. The smallest absolute Gasteiger partial charge is 0.202 e. The van der Waals surface area contributed by atoms with Gasteiger partial charge in [0.05, 0.1) is 6.26 Å². The highest BCUT2D eigenvalue weighted by Crippen LogP contribution is 2.39. The Bertz CT molecular complexity index is 226. The molecule has 0 aromatic heterocycles. The Labute approximate surface area is 72.6 Å². The number of carbonyl (C=O) groups is 1. The first-order valence-electron chi connectivity index (χ1n) is 4.62. The molecule has 66 valence electrons. The zero-order valence-corrected chi connectivity index (χ0v) is 7.38. The summed E-state index contributed by atoms with van der Waals surface area (Å²) in [6, 6.07) is 0. The molecule has 0 radical (unpaired) electrons. The summed E-state index contributed by atoms with van der Waals surface area (Å²) in [5, 5.41) is 0. The molecule has 12 heavy (non-hydrogen) atoms. The molecule has 2 rings (SSSR count). The van der Waals surface area contributed by atoms with E-state index in [1.807, 2.05) is 6.92 Å². The first kappa shape index (κ1) is 7.84. The third kappa shape index (κ3) is 0.977. The standard InChI is InChI=1S/C10H14O2/c1-10(8-4-2-3-5-8)9(11)6-7-12-10/h6-8H,2-5H2,1H3. The molecular formula is C10H14O2. The van der Waals surface area contributed by atoms with Crippen LogP contribution in [0.15, 0.2) is 12.3 Å². The van der Waals surface area contributed by atoms with E-state index in [4.69, 9.17) is 4.74 Å². The van der Waals surface area contributed by atoms with E-state index in [9.17, 15) is 4.79 Å². The van der Waals surface area contributed by atoms with Crippen LogP contribution in [0.3, 0.4) is 0 Å². The molecule has 0 spiro atoms. The number of ether oxygens (including phenoxy) is 1. The normalized spacial score (nSPS) is 35.9. The van der Waals surface area contributed by atoms with E-state index in [-0.39, 0.29) is 5.78 Å². The van der Waals surface area contributed by atoms with Crippen LogP contribution in [0.4, 0.5) is 0 Å². The summed E-state index contributed by atoms with van der Waals surface area (Å²) in [6.45, 7) is 1.92. The average Bonchev–Trinajstić information content (AvgIpc) is 2.62. The highest BCUT2D eigenvalue weighted by molar-refractivity contribution is 5.98. The number of ketones is 1. The van der Waals surface area contributed by atoms with Gasteiger partial charge in [-0.25, -0.2) is 0 Å². The van der Waals surface area contributed by atoms with Gasteiger partial charge in [-0.15, -0.1) is 0 Å². The Hall–Kier alpha value is -0.790. The van der Waals surface area contributed by atoms with Gasteiger partial charge >= 0.3 is 0 Å². The molecule has 1 unspecified atom stereocenters. The molecule has 1 heterocycles. The van der Waals surface area contributed by atoms with Crippen molar-refractivity contribution in [2.24, 2.45) is 5.92 Å². The van der Waals surface area contributed by atoms with Crippen LogP contribution >= 0.6 is 0 Å². The maximum atomic E-state index is 11.5. The van der Waals surface area contributed by atoms with E-state index >= 15 is 0 Å². The van der Waals surface area contributed by atoms with Crippen molar-refractivity contribution >= 4 is 5.78 Å². The van der Waals surface area contributed by atoms with Crippen LogP contribution in [0.5, 0.6) is 0 Å². The van der Waals surface area contributed by atoms with Gasteiger partial charge in [0.25, 0.3) is 0 Å². The van der Waals surface area contributed by atoms with Gasteiger partial charge in [0.15, 0.2) is 5.60 Å². The summed E-state index contributed by atoms with van der Waals surface area (Å²) < 4.78 is 5.41. The van der Waals surface area contributed by atoms with Crippen LogP contribution in [-0.2, 0) is 9.53 Å². The zero-order chi connectivity index (χ0) is 8.60. The summed E-state index contributed by atoms with van der Waals surface area (Å²) in [5.74, 6) is 0.592. The third-order valence-corrected chi connectivity index (χ3v) is 3.16. The van der Waals surface area contributed by atoms with Crippen molar-refractivity contribution in [2.75, 3.05) is 0 Å². The van der Waals surface area contributed by atoms with Crippen LogP contribution in [-0.4, -0.2) is 11.4 Å². The van der Waals surface area contributed by atoms with Crippen LogP contribution in [0.2, 0.25) is 0 Å². The van der Waals surface area contributed by atoms with E-state index in [2.05, 4.69) is 0 Å². The van der Waals surface area contributed by atoms with Crippen molar-refractivity contribution in [1.82, 2.24) is 0 Å². The summed E-state index contributed by atoms with van der Waals surface area (Å²) >= 11 is 0. The first-order chi connectivity index (χ1) is 5.73. The predicted molar refractivity (Wildman–Crippen MR) is 45.6 cm³/mol. The minimum absolute atomic E-state index is 0.148. The van der Waals surface area contributed by atoms with E-state index in [1.165, 1.54) is 12.8 Å². The molecule has 0 bridgehead atoms. The lowest BCUT2D eigenvalue weighted by Gasteiger charge is -2.28. The lowest BCUT2D eigenvalue weighted by Crippen LogP contribution is -2.39. The fourth-order valence-electron chi connectivity index (χ4n) is 2.23. The Morgan fingerprint density at radius 3 is 2.67 bits per heavy atom. The molecule has 1 aliphatic heterocycles. The number of hydrogen-bond donors (Lipinski definition) is 0. The first-order valence-corrected chi connectivity index (χ1v) is 4.62. The van der Waals surface area contributed by atoms with Crippen LogP contribution in [0.25, 0.3) is 0 Å². The molecule has 1 fully saturated rings. The fourth-order valence-corrected chi connectivity index (χ4v) is 2.23. The Morgan fingerprint density at radius 2 is 2.17 bits per heavy atom. The minimum atomic E-state index is -0.517. The summed E-state index contributed by atoms with van der Waals surface area (Å²) in [6.07, 6.45) is 7.88. The number of rotatable bonds is 1. The third-order valence-electron chi connectivity index (χ3n) is 3.16. The molecule has 0 N–H and O–H groups in total. The molecule has 0 aromatic carbocycles. The van der Waals surface area contributed by atoms with Crippen LogP contribution < -0.4 is 0 Å². The monoisotopic (exact) mass is 166 g/mol. The summed E-state index contributed by atoms with van der Waals surface area (Å²) in [5.41, 5.74) is -0.517. The maximum Gasteiger partial charge on any atom is 0.202 e. The largest absolute Gasteiger partial charge is 0.487 e. The van der Waals surface area contributed by atoms with Gasteiger partial charge < -0.3 is 4.74 Å². The lowest BCUT2D eigenvalue weighted by atomic mass is 9.85. The van der Waals surface area contributed by atoms with Gasteiger partial charge in [-0.2, -0.15) is 0 Å². The average molecular weight is 166 g/mol. The molecule has 0 amide bonds. The second-order valence-electron chi connectivity index (χ2n) is 3.87. The highest BCUT2D eigenvalue weighted by Gasteiger charge is 2.44. The van der Waals surface area contributed by atoms with E-state index in [0.29, 0.717) is 5.92 Å². The van der Waals surface area contributed by atoms with Crippen molar-refractivity contribution in [1.29, 1.82) is 0 Å². The minimum Gasteiger partial charge on any atom is -0.487 e. The predicted octanol–water partition coefficient (Wildman–Crippen LogP) is 2.05. The van der Waals surface area contributed by atoms with Crippen molar-refractivity contribution in [3.63, 3.8) is 0 Å². The number of hydrogen-bond acceptors (Lipinski definition) is 2. The van der Waals surface area contributed by atoms with Crippen LogP contribution in [0.1, 0.15) is 32.6 Å². The fraction of sp³-hybridized carbons (Fsp3) is 0.700. The van der Waals surface area contributed by atoms with Gasteiger partial charge in [0, 0.05) is 12.0 Å². The molecule has 1 saturated carbocycles. The summed E-state index contributed by atoms with van der Waals surface area (Å²) in [7, 11) is 0. The second kappa shape index (κ2) is 2.61. The zero-order valence-electron chi connectivity index (χ0n) is 7.38. The highest BCUT2D eigenvalue weighted by atomic mass is 16.5.